The molecule has 0 aromatic heterocycles. The summed E-state index contributed by atoms with van der Waals surface area (Å²) in [6.45, 7) is 0. The van der Waals surface area contributed by atoms with Crippen LogP contribution < -0.4 is 10.9 Å². The van der Waals surface area contributed by atoms with Gasteiger partial charge in [0.2, 0.25) is 11.8 Å². The Morgan fingerprint density at radius 1 is 0.765 bits per heavy atom. The van der Waals surface area contributed by atoms with Crippen molar-refractivity contribution in [3.05, 3.63) is 56.5 Å². The highest BCUT2D eigenvalue weighted by atomic mass is 79.9. The van der Waals surface area contributed by atoms with Gasteiger partial charge in [0.1, 0.15) is 11.5 Å². The summed E-state index contributed by atoms with van der Waals surface area (Å²) in [6, 6.07) is 9.78. The Kier molecular flexibility index (Phi) is 12.3. The smallest absolute Gasteiger partial charge is 0.240 e. The van der Waals surface area contributed by atoms with Crippen molar-refractivity contribution in [2.75, 3.05) is 0 Å². The van der Waals surface area contributed by atoms with Gasteiger partial charge in [-0.05, 0) is 49.2 Å². The molecule has 34 heavy (non-hydrogen) atoms. The number of nitrogens with one attached hydrogen (secondary N) is 2. The molecule has 2 aromatic rings. The van der Waals surface area contributed by atoms with Crippen molar-refractivity contribution in [1.82, 2.24) is 10.9 Å². The van der Waals surface area contributed by atoms with Gasteiger partial charge in [-0.1, -0.05) is 57.5 Å². The molecule has 0 unspecified atom stereocenters. The third-order valence-corrected chi connectivity index (χ3v) is 6.03. The minimum Gasteiger partial charge on any atom is -0.508 e. The van der Waals surface area contributed by atoms with Crippen LogP contribution in [-0.2, 0) is 9.59 Å². The van der Waals surface area contributed by atoms with Crippen LogP contribution in [0.5, 0.6) is 11.5 Å². The molecule has 0 spiro atoms. The molecule has 0 atom stereocenters. The molecule has 2 aromatic carbocycles. The summed E-state index contributed by atoms with van der Waals surface area (Å²) in [5.74, 6) is -0.0996. The van der Waals surface area contributed by atoms with Crippen molar-refractivity contribution in [2.24, 2.45) is 10.2 Å². The maximum absolute atomic E-state index is 11.8. The van der Waals surface area contributed by atoms with Gasteiger partial charge >= 0.3 is 0 Å². The first-order valence-electron chi connectivity index (χ1n) is 11.0. The van der Waals surface area contributed by atoms with Crippen molar-refractivity contribution in [3.8, 4) is 11.5 Å². The SMILES string of the molecule is O=C(CCCCCCCCC(=O)N/N=C/c1cc(O)ccc1Br)N/N=C/c1cc(Br)ccc1O. The summed E-state index contributed by atoms with van der Waals surface area (Å²) < 4.78 is 1.58. The maximum Gasteiger partial charge on any atom is 0.240 e. The lowest BCUT2D eigenvalue weighted by Gasteiger charge is -2.03. The molecule has 0 fully saturated rings. The highest BCUT2D eigenvalue weighted by Crippen LogP contribution is 2.20. The van der Waals surface area contributed by atoms with E-state index >= 15 is 0 Å². The normalized spacial score (nSPS) is 11.2. The molecule has 0 heterocycles. The van der Waals surface area contributed by atoms with Crippen LogP contribution in [0.1, 0.15) is 62.5 Å². The average molecular weight is 596 g/mol. The van der Waals surface area contributed by atoms with E-state index in [-0.39, 0.29) is 23.3 Å². The number of carbonyl (C=O) groups excluding carboxylic acids is 2. The summed E-state index contributed by atoms with van der Waals surface area (Å²) >= 11 is 6.67. The zero-order chi connectivity index (χ0) is 24.8. The minimum atomic E-state index is -0.166. The van der Waals surface area contributed by atoms with E-state index < -0.39 is 0 Å². The van der Waals surface area contributed by atoms with Crippen LogP contribution in [0, 0.1) is 0 Å². The van der Waals surface area contributed by atoms with E-state index in [0.29, 0.717) is 24.0 Å². The van der Waals surface area contributed by atoms with E-state index in [1.807, 2.05) is 0 Å². The molecule has 0 aliphatic heterocycles. The largest absolute Gasteiger partial charge is 0.508 e. The number of halogens is 2. The number of hydrogen-bond donors (Lipinski definition) is 4. The number of benzene rings is 2. The fourth-order valence-electron chi connectivity index (χ4n) is 3.00. The van der Waals surface area contributed by atoms with Crippen molar-refractivity contribution < 1.29 is 19.8 Å². The van der Waals surface area contributed by atoms with Gasteiger partial charge < -0.3 is 10.2 Å². The van der Waals surface area contributed by atoms with E-state index in [1.54, 1.807) is 36.4 Å². The molecular formula is C24H28Br2N4O4. The molecule has 0 bridgehead atoms. The van der Waals surface area contributed by atoms with Crippen molar-refractivity contribution >= 4 is 56.1 Å². The van der Waals surface area contributed by atoms with Crippen LogP contribution in [0.15, 0.2) is 55.5 Å². The fraction of sp³-hybridized carbons (Fsp3) is 0.333. The van der Waals surface area contributed by atoms with E-state index in [9.17, 15) is 19.8 Å². The standard InChI is InChI=1S/C24H28Br2N4O4/c25-19-9-12-22(32)18(13-19)16-28-30-24(34)8-6-4-2-1-3-5-7-23(33)29-27-15-17-14-20(31)10-11-21(17)26/h9-16,31-32H,1-8H2,(H,29,33)(H,30,34)/b27-15+,28-16+. The molecule has 0 aliphatic carbocycles. The third-order valence-electron chi connectivity index (χ3n) is 4.81. The topological polar surface area (TPSA) is 123 Å². The highest BCUT2D eigenvalue weighted by molar-refractivity contribution is 9.10. The summed E-state index contributed by atoms with van der Waals surface area (Å²) in [7, 11) is 0. The van der Waals surface area contributed by atoms with Gasteiger partial charge in [0, 0.05) is 32.9 Å². The van der Waals surface area contributed by atoms with Gasteiger partial charge in [0.05, 0.1) is 12.4 Å². The van der Waals surface area contributed by atoms with Crippen LogP contribution in [-0.4, -0.2) is 34.5 Å². The Bertz CT molecular complexity index is 947. The summed E-state index contributed by atoms with van der Waals surface area (Å²) in [4.78, 5) is 23.7. The Morgan fingerprint density at radius 2 is 1.32 bits per heavy atom. The van der Waals surface area contributed by atoms with Gasteiger partial charge in [-0.25, -0.2) is 10.9 Å². The number of hydrogen-bond acceptors (Lipinski definition) is 6. The predicted octanol–water partition coefficient (Wildman–Crippen LogP) is 5.34. The number of aromatic hydroxyl groups is 2. The maximum atomic E-state index is 11.8. The predicted molar refractivity (Wildman–Crippen MR) is 140 cm³/mol. The molecule has 0 aliphatic rings. The summed E-state index contributed by atoms with van der Waals surface area (Å²) in [5, 5.41) is 27.0. The van der Waals surface area contributed by atoms with Crippen LogP contribution >= 0.6 is 31.9 Å². The second-order valence-corrected chi connectivity index (χ2v) is 9.39. The van der Waals surface area contributed by atoms with Crippen LogP contribution in [0.25, 0.3) is 0 Å². The van der Waals surface area contributed by atoms with Crippen LogP contribution in [0.4, 0.5) is 0 Å². The highest BCUT2D eigenvalue weighted by Gasteiger charge is 2.03. The first-order chi connectivity index (χ1) is 16.3. The number of amides is 2. The van der Waals surface area contributed by atoms with E-state index in [2.05, 4.69) is 52.9 Å². The summed E-state index contributed by atoms with van der Waals surface area (Å²) in [5.41, 5.74) is 6.14. The number of phenolic OH excluding ortho intramolecular Hbond substituents is 2. The summed E-state index contributed by atoms with van der Waals surface area (Å²) in [6.07, 6.45) is 9.06. The Balaban J connectivity index is 1.49. The zero-order valence-electron chi connectivity index (χ0n) is 18.6. The molecule has 0 saturated carbocycles. The first kappa shape index (κ1) is 27.5. The van der Waals surface area contributed by atoms with E-state index in [0.717, 1.165) is 47.5 Å². The molecule has 0 saturated heterocycles. The molecule has 10 heteroatoms. The average Bonchev–Trinajstić information content (AvgIpc) is 2.80. The van der Waals surface area contributed by atoms with Gasteiger partial charge in [0.15, 0.2) is 0 Å². The van der Waals surface area contributed by atoms with Crippen molar-refractivity contribution in [2.45, 2.75) is 51.4 Å². The zero-order valence-corrected chi connectivity index (χ0v) is 21.8. The number of phenols is 2. The Labute approximate surface area is 215 Å². The minimum absolute atomic E-state index is 0.0907. The Morgan fingerprint density at radius 3 is 1.94 bits per heavy atom. The molecule has 2 amide bonds. The van der Waals surface area contributed by atoms with E-state index in [4.69, 9.17) is 0 Å². The number of rotatable bonds is 13. The molecule has 4 N–H and O–H groups in total. The van der Waals surface area contributed by atoms with Gasteiger partial charge in [-0.3, -0.25) is 9.59 Å². The molecule has 182 valence electrons. The van der Waals surface area contributed by atoms with Gasteiger partial charge in [0.25, 0.3) is 0 Å². The fourth-order valence-corrected chi connectivity index (χ4v) is 3.72. The number of unbranched alkanes of at least 4 members (excludes halogenated alkanes) is 5. The number of carbonyl (C=O) groups is 2. The van der Waals surface area contributed by atoms with E-state index in [1.165, 1.54) is 12.4 Å². The lowest BCUT2D eigenvalue weighted by molar-refractivity contribution is -0.122. The third kappa shape index (κ3) is 10.9. The number of hydrazone groups is 2. The van der Waals surface area contributed by atoms with Crippen LogP contribution in [0.2, 0.25) is 0 Å². The molecule has 0 radical (unpaired) electrons. The molecule has 2 rings (SSSR count). The van der Waals surface area contributed by atoms with Crippen LogP contribution in [0.3, 0.4) is 0 Å². The lowest BCUT2D eigenvalue weighted by Crippen LogP contribution is -2.17. The first-order valence-corrected chi connectivity index (χ1v) is 12.5. The van der Waals surface area contributed by atoms with Crippen molar-refractivity contribution in [3.63, 3.8) is 0 Å². The monoisotopic (exact) mass is 594 g/mol. The van der Waals surface area contributed by atoms with Crippen molar-refractivity contribution in [1.29, 1.82) is 0 Å². The second-order valence-electron chi connectivity index (χ2n) is 7.62. The quantitative estimate of drug-likeness (QED) is 0.142. The second kappa shape index (κ2) is 15.2. The van der Waals surface area contributed by atoms with Gasteiger partial charge in [-0.2, -0.15) is 10.2 Å². The molecule has 8 nitrogen and oxygen atoms in total. The number of nitrogens with zero attached hydrogens (tertiary/aromatic N) is 2. The molecular weight excluding hydrogens is 568 g/mol. The lowest BCUT2D eigenvalue weighted by atomic mass is 10.1. The Hall–Kier alpha value is -2.72. The van der Waals surface area contributed by atoms with Gasteiger partial charge in [-0.15, -0.1) is 0 Å².